The van der Waals surface area contributed by atoms with E-state index in [1.165, 1.54) is 5.56 Å². The number of ether oxygens (including phenoxy) is 1. The van der Waals surface area contributed by atoms with Gasteiger partial charge in [0.15, 0.2) is 5.96 Å². The zero-order valence-electron chi connectivity index (χ0n) is 9.93. The highest BCUT2D eigenvalue weighted by molar-refractivity contribution is 14.0. The Morgan fingerprint density at radius 2 is 1.82 bits per heavy atom. The van der Waals surface area contributed by atoms with Gasteiger partial charge in [-0.1, -0.05) is 17.7 Å². The Bertz CT molecular complexity index is 372. The average molecular weight is 347 g/mol. The molecule has 2 N–H and O–H groups in total. The van der Waals surface area contributed by atoms with Crippen molar-refractivity contribution < 1.29 is 4.74 Å². The van der Waals surface area contributed by atoms with E-state index in [1.54, 1.807) is 0 Å². The zero-order chi connectivity index (χ0) is 11.4. The van der Waals surface area contributed by atoms with Gasteiger partial charge in [0, 0.05) is 13.1 Å². The molecule has 0 bridgehead atoms. The molecule has 1 saturated heterocycles. The SMILES string of the molecule is Cc1ccc(N=C(N)N2CCOCC2)cc1.I. The summed E-state index contributed by atoms with van der Waals surface area (Å²) in [6.07, 6.45) is 0. The molecule has 1 aliphatic heterocycles. The molecule has 94 valence electrons. The molecule has 0 spiro atoms. The van der Waals surface area contributed by atoms with E-state index < -0.39 is 0 Å². The lowest BCUT2D eigenvalue weighted by atomic mass is 10.2. The first-order valence-corrected chi connectivity index (χ1v) is 5.49. The van der Waals surface area contributed by atoms with Crippen LogP contribution < -0.4 is 5.73 Å². The Labute approximate surface area is 119 Å². The van der Waals surface area contributed by atoms with Crippen LogP contribution in [0.5, 0.6) is 0 Å². The van der Waals surface area contributed by atoms with E-state index in [0.29, 0.717) is 5.96 Å². The minimum Gasteiger partial charge on any atom is -0.378 e. The van der Waals surface area contributed by atoms with Gasteiger partial charge in [-0.15, -0.1) is 24.0 Å². The predicted octanol–water partition coefficient (Wildman–Crippen LogP) is 1.89. The molecule has 5 heteroatoms. The lowest BCUT2D eigenvalue weighted by molar-refractivity contribution is 0.0675. The third-order valence-corrected chi connectivity index (χ3v) is 2.61. The third kappa shape index (κ3) is 4.16. The molecule has 1 fully saturated rings. The highest BCUT2D eigenvalue weighted by Crippen LogP contribution is 2.13. The molecule has 0 unspecified atom stereocenters. The molecule has 0 aromatic heterocycles. The summed E-state index contributed by atoms with van der Waals surface area (Å²) in [7, 11) is 0. The first-order chi connectivity index (χ1) is 7.75. The van der Waals surface area contributed by atoms with Crippen molar-refractivity contribution in [1.82, 2.24) is 4.90 Å². The van der Waals surface area contributed by atoms with Crippen molar-refractivity contribution in [3.8, 4) is 0 Å². The van der Waals surface area contributed by atoms with Gasteiger partial charge < -0.3 is 15.4 Å². The monoisotopic (exact) mass is 347 g/mol. The summed E-state index contributed by atoms with van der Waals surface area (Å²) in [6.45, 7) is 5.15. The van der Waals surface area contributed by atoms with Gasteiger partial charge in [-0.25, -0.2) is 4.99 Å². The first kappa shape index (κ1) is 14.2. The quantitative estimate of drug-likeness (QED) is 0.480. The molecular weight excluding hydrogens is 329 g/mol. The molecule has 17 heavy (non-hydrogen) atoms. The number of rotatable bonds is 1. The molecule has 4 nitrogen and oxygen atoms in total. The van der Waals surface area contributed by atoms with Crippen molar-refractivity contribution >= 4 is 35.6 Å². The van der Waals surface area contributed by atoms with Gasteiger partial charge in [-0.05, 0) is 19.1 Å². The molecule has 0 amide bonds. The second-order valence-corrected chi connectivity index (χ2v) is 3.90. The number of guanidine groups is 1. The van der Waals surface area contributed by atoms with Crippen LogP contribution in [0.25, 0.3) is 0 Å². The van der Waals surface area contributed by atoms with Gasteiger partial charge in [0.2, 0.25) is 0 Å². The van der Waals surface area contributed by atoms with E-state index in [-0.39, 0.29) is 24.0 Å². The number of benzene rings is 1. The number of halogens is 1. The molecule has 1 heterocycles. The van der Waals surface area contributed by atoms with Crippen molar-refractivity contribution in [3.63, 3.8) is 0 Å². The molecular formula is C12H18IN3O. The number of nitrogens with zero attached hydrogens (tertiary/aromatic N) is 2. The fourth-order valence-electron chi connectivity index (χ4n) is 1.61. The Hall–Kier alpha value is -0.820. The van der Waals surface area contributed by atoms with E-state index >= 15 is 0 Å². The summed E-state index contributed by atoms with van der Waals surface area (Å²) in [5.41, 5.74) is 8.06. The fraction of sp³-hybridized carbons (Fsp3) is 0.417. The predicted molar refractivity (Wildman–Crippen MR) is 80.3 cm³/mol. The average Bonchev–Trinajstić information content (AvgIpc) is 2.33. The minimum absolute atomic E-state index is 0. The summed E-state index contributed by atoms with van der Waals surface area (Å²) in [4.78, 5) is 6.43. The molecule has 0 aliphatic carbocycles. The molecule has 0 radical (unpaired) electrons. The Morgan fingerprint density at radius 1 is 1.24 bits per heavy atom. The standard InChI is InChI=1S/C12H17N3O.HI/c1-10-2-4-11(5-3-10)14-12(13)15-6-8-16-9-7-15;/h2-5H,6-9H2,1H3,(H2,13,14);1H. The van der Waals surface area contributed by atoms with Crippen LogP contribution in [0.1, 0.15) is 5.56 Å². The highest BCUT2D eigenvalue weighted by Gasteiger charge is 2.11. The molecule has 1 aliphatic rings. The van der Waals surface area contributed by atoms with Crippen LogP contribution in [-0.4, -0.2) is 37.2 Å². The summed E-state index contributed by atoms with van der Waals surface area (Å²) in [6, 6.07) is 8.02. The number of aliphatic imine (C=N–C) groups is 1. The van der Waals surface area contributed by atoms with Crippen molar-refractivity contribution in [2.75, 3.05) is 26.3 Å². The van der Waals surface area contributed by atoms with Gasteiger partial charge >= 0.3 is 0 Å². The molecule has 0 saturated carbocycles. The van der Waals surface area contributed by atoms with Crippen LogP contribution in [0.15, 0.2) is 29.3 Å². The summed E-state index contributed by atoms with van der Waals surface area (Å²) in [5.74, 6) is 0.576. The molecule has 2 rings (SSSR count). The van der Waals surface area contributed by atoms with E-state index in [1.807, 2.05) is 29.2 Å². The maximum absolute atomic E-state index is 5.94. The Kier molecular flexibility index (Phi) is 5.70. The number of aryl methyl sites for hydroxylation is 1. The maximum Gasteiger partial charge on any atom is 0.196 e. The lowest BCUT2D eigenvalue weighted by Gasteiger charge is -2.27. The largest absolute Gasteiger partial charge is 0.378 e. The minimum atomic E-state index is 0. The number of nitrogens with two attached hydrogens (primary N) is 1. The zero-order valence-corrected chi connectivity index (χ0v) is 12.3. The number of hydrogen-bond donors (Lipinski definition) is 1. The van der Waals surface area contributed by atoms with Crippen LogP contribution in [0.2, 0.25) is 0 Å². The van der Waals surface area contributed by atoms with Crippen LogP contribution >= 0.6 is 24.0 Å². The second kappa shape index (κ2) is 6.80. The first-order valence-electron chi connectivity index (χ1n) is 5.49. The second-order valence-electron chi connectivity index (χ2n) is 3.90. The topological polar surface area (TPSA) is 50.8 Å². The summed E-state index contributed by atoms with van der Waals surface area (Å²) in [5, 5.41) is 0. The van der Waals surface area contributed by atoms with Crippen LogP contribution in [0.4, 0.5) is 5.69 Å². The lowest BCUT2D eigenvalue weighted by Crippen LogP contribution is -2.44. The highest BCUT2D eigenvalue weighted by atomic mass is 127. The molecule has 1 aromatic carbocycles. The van der Waals surface area contributed by atoms with Gasteiger partial charge in [0.1, 0.15) is 0 Å². The van der Waals surface area contributed by atoms with Crippen LogP contribution in [0.3, 0.4) is 0 Å². The maximum atomic E-state index is 5.94. The van der Waals surface area contributed by atoms with Crippen molar-refractivity contribution in [2.45, 2.75) is 6.92 Å². The van der Waals surface area contributed by atoms with E-state index in [9.17, 15) is 0 Å². The van der Waals surface area contributed by atoms with Crippen molar-refractivity contribution in [1.29, 1.82) is 0 Å². The van der Waals surface area contributed by atoms with Crippen LogP contribution in [0, 0.1) is 6.92 Å². The van der Waals surface area contributed by atoms with Crippen LogP contribution in [-0.2, 0) is 4.74 Å². The van der Waals surface area contributed by atoms with Gasteiger partial charge in [0.05, 0.1) is 18.9 Å². The van der Waals surface area contributed by atoms with Gasteiger partial charge in [0.25, 0.3) is 0 Å². The number of hydrogen-bond acceptors (Lipinski definition) is 2. The number of morpholine rings is 1. The van der Waals surface area contributed by atoms with Gasteiger partial charge in [-0.3, -0.25) is 0 Å². The van der Waals surface area contributed by atoms with Crippen molar-refractivity contribution in [2.24, 2.45) is 10.7 Å². The van der Waals surface area contributed by atoms with E-state index in [4.69, 9.17) is 10.5 Å². The van der Waals surface area contributed by atoms with Crippen molar-refractivity contribution in [3.05, 3.63) is 29.8 Å². The summed E-state index contributed by atoms with van der Waals surface area (Å²) >= 11 is 0. The summed E-state index contributed by atoms with van der Waals surface area (Å²) < 4.78 is 5.26. The third-order valence-electron chi connectivity index (χ3n) is 2.61. The Balaban J connectivity index is 0.00000144. The normalized spacial score (nSPS) is 16.5. The van der Waals surface area contributed by atoms with E-state index in [2.05, 4.69) is 11.9 Å². The van der Waals surface area contributed by atoms with E-state index in [0.717, 1.165) is 32.0 Å². The molecule has 0 atom stereocenters. The Morgan fingerprint density at radius 3 is 2.41 bits per heavy atom. The smallest absolute Gasteiger partial charge is 0.196 e. The van der Waals surface area contributed by atoms with Gasteiger partial charge in [-0.2, -0.15) is 0 Å². The molecule has 1 aromatic rings. The fourth-order valence-corrected chi connectivity index (χ4v) is 1.61.